The molecule has 1 heterocycles. The number of aryl methyl sites for hydroxylation is 1. The second-order valence-corrected chi connectivity index (χ2v) is 10.1. The van der Waals surface area contributed by atoms with Crippen molar-refractivity contribution in [2.24, 2.45) is 17.1 Å². The van der Waals surface area contributed by atoms with Crippen molar-refractivity contribution in [2.45, 2.75) is 47.0 Å². The van der Waals surface area contributed by atoms with Crippen molar-refractivity contribution < 1.29 is 9.59 Å². The predicted molar refractivity (Wildman–Crippen MR) is 123 cm³/mol. The normalized spacial score (nSPS) is 16.1. The number of nitrogens with two attached hydrogens (primary N) is 1. The molecule has 1 aliphatic carbocycles. The van der Waals surface area contributed by atoms with Gasteiger partial charge in [-0.2, -0.15) is 0 Å². The molecule has 4 N–H and O–H groups in total. The van der Waals surface area contributed by atoms with E-state index in [9.17, 15) is 9.59 Å². The average molecular weight is 430 g/mol. The summed E-state index contributed by atoms with van der Waals surface area (Å²) in [6, 6.07) is 7.31. The maximum Gasteiger partial charge on any atom is 0.257 e. The van der Waals surface area contributed by atoms with Gasteiger partial charge in [0.1, 0.15) is 5.00 Å². The van der Waals surface area contributed by atoms with Crippen LogP contribution in [0.5, 0.6) is 0 Å². The fourth-order valence-corrected chi connectivity index (χ4v) is 5.40. The third kappa shape index (κ3) is 4.67. The van der Waals surface area contributed by atoms with E-state index in [2.05, 4.69) is 31.4 Å². The Balaban J connectivity index is 1.80. The summed E-state index contributed by atoms with van der Waals surface area (Å²) < 4.78 is 0. The van der Waals surface area contributed by atoms with Crippen molar-refractivity contribution >= 4 is 45.5 Å². The Morgan fingerprint density at radius 3 is 2.55 bits per heavy atom. The van der Waals surface area contributed by atoms with Crippen molar-refractivity contribution in [3.8, 4) is 0 Å². The smallest absolute Gasteiger partial charge is 0.257 e. The standard InChI is InChI=1S/C22H27N3O2S2/c1-12-7-5-6-8-14(12)19(27)24-21(28)25-20-17(18(23)26)15-10-9-13(22(2,3)4)11-16(15)29-20/h5-8,13H,9-11H2,1-4H3,(H2,23,26)(H2,24,25,27,28)/t13-/m1/s1. The molecule has 0 aliphatic heterocycles. The van der Waals surface area contributed by atoms with Gasteiger partial charge in [0.05, 0.1) is 5.56 Å². The van der Waals surface area contributed by atoms with Crippen LogP contribution in [-0.4, -0.2) is 16.9 Å². The number of hydrogen-bond donors (Lipinski definition) is 3. The van der Waals surface area contributed by atoms with Crippen LogP contribution in [0, 0.1) is 18.3 Å². The number of anilines is 1. The molecular formula is C22H27N3O2S2. The molecule has 5 nitrogen and oxygen atoms in total. The van der Waals surface area contributed by atoms with Gasteiger partial charge in [0, 0.05) is 10.4 Å². The van der Waals surface area contributed by atoms with E-state index >= 15 is 0 Å². The number of benzene rings is 1. The summed E-state index contributed by atoms with van der Waals surface area (Å²) in [6.07, 6.45) is 2.78. The summed E-state index contributed by atoms with van der Waals surface area (Å²) in [5.74, 6) is -0.197. The molecule has 0 saturated heterocycles. The molecule has 7 heteroatoms. The molecule has 1 aromatic carbocycles. The summed E-state index contributed by atoms with van der Waals surface area (Å²) in [7, 11) is 0. The Bertz CT molecular complexity index is 973. The fourth-order valence-electron chi connectivity index (χ4n) is 3.81. The van der Waals surface area contributed by atoms with Gasteiger partial charge in [0.2, 0.25) is 0 Å². The number of primary amides is 1. The lowest BCUT2D eigenvalue weighted by Gasteiger charge is -2.33. The van der Waals surface area contributed by atoms with Gasteiger partial charge in [-0.05, 0) is 66.9 Å². The van der Waals surface area contributed by atoms with Gasteiger partial charge in [0.15, 0.2) is 5.11 Å². The van der Waals surface area contributed by atoms with E-state index in [1.807, 2.05) is 25.1 Å². The predicted octanol–water partition coefficient (Wildman–Crippen LogP) is 4.43. The Hall–Kier alpha value is -2.25. The first-order chi connectivity index (χ1) is 13.6. The first kappa shape index (κ1) is 21.5. The minimum atomic E-state index is -0.466. The van der Waals surface area contributed by atoms with Crippen LogP contribution in [0.25, 0.3) is 0 Å². The van der Waals surface area contributed by atoms with Crippen LogP contribution in [0.1, 0.15) is 63.9 Å². The van der Waals surface area contributed by atoms with Gasteiger partial charge < -0.3 is 11.1 Å². The van der Waals surface area contributed by atoms with E-state index in [1.54, 1.807) is 6.07 Å². The molecule has 2 amide bonds. The topological polar surface area (TPSA) is 84.2 Å². The average Bonchev–Trinajstić information content (AvgIpc) is 2.98. The molecule has 1 aliphatic rings. The molecule has 0 saturated carbocycles. The second-order valence-electron chi connectivity index (χ2n) is 8.60. The van der Waals surface area contributed by atoms with Crippen LogP contribution in [-0.2, 0) is 12.8 Å². The van der Waals surface area contributed by atoms with Crippen LogP contribution in [0.3, 0.4) is 0 Å². The zero-order valence-corrected chi connectivity index (χ0v) is 18.9. The van der Waals surface area contributed by atoms with E-state index < -0.39 is 5.91 Å². The molecule has 154 valence electrons. The molecule has 0 radical (unpaired) electrons. The van der Waals surface area contributed by atoms with Crippen LogP contribution in [0.15, 0.2) is 24.3 Å². The number of fused-ring (bicyclic) bond motifs is 1. The van der Waals surface area contributed by atoms with Crippen molar-refractivity contribution in [2.75, 3.05) is 5.32 Å². The highest BCUT2D eigenvalue weighted by Gasteiger charge is 2.33. The second kappa shape index (κ2) is 8.24. The largest absolute Gasteiger partial charge is 0.365 e. The van der Waals surface area contributed by atoms with Crippen LogP contribution >= 0.6 is 23.6 Å². The molecular weight excluding hydrogens is 402 g/mol. The molecule has 0 unspecified atom stereocenters. The van der Waals surface area contributed by atoms with E-state index in [4.69, 9.17) is 18.0 Å². The highest BCUT2D eigenvalue weighted by molar-refractivity contribution is 7.80. The van der Waals surface area contributed by atoms with Gasteiger partial charge in [-0.3, -0.25) is 14.9 Å². The summed E-state index contributed by atoms with van der Waals surface area (Å²) >= 11 is 6.85. The summed E-state index contributed by atoms with van der Waals surface area (Å²) in [6.45, 7) is 8.62. The molecule has 0 spiro atoms. The first-order valence-electron chi connectivity index (χ1n) is 9.70. The Morgan fingerprint density at radius 2 is 1.93 bits per heavy atom. The number of carbonyl (C=O) groups is 2. The minimum Gasteiger partial charge on any atom is -0.365 e. The SMILES string of the molecule is Cc1ccccc1C(=O)NC(=S)Nc1sc2c(c1C(N)=O)CC[C@@H](C(C)(C)C)C2. The Kier molecular flexibility index (Phi) is 6.10. The number of thiocarbonyl (C=S) groups is 1. The Morgan fingerprint density at radius 1 is 1.24 bits per heavy atom. The fraction of sp³-hybridized carbons (Fsp3) is 0.409. The highest BCUT2D eigenvalue weighted by Crippen LogP contribution is 2.44. The molecule has 2 aromatic rings. The molecule has 0 bridgehead atoms. The monoisotopic (exact) mass is 429 g/mol. The summed E-state index contributed by atoms with van der Waals surface area (Å²) in [4.78, 5) is 25.8. The van der Waals surface area contributed by atoms with Crippen molar-refractivity contribution in [1.82, 2.24) is 5.32 Å². The number of amides is 2. The third-order valence-electron chi connectivity index (χ3n) is 5.58. The van der Waals surface area contributed by atoms with Crippen LogP contribution in [0.2, 0.25) is 0 Å². The molecule has 0 fully saturated rings. The first-order valence-corrected chi connectivity index (χ1v) is 10.9. The van der Waals surface area contributed by atoms with Gasteiger partial charge in [-0.15, -0.1) is 11.3 Å². The Labute approximate surface area is 181 Å². The van der Waals surface area contributed by atoms with Crippen molar-refractivity contribution in [3.63, 3.8) is 0 Å². The zero-order valence-electron chi connectivity index (χ0n) is 17.2. The van der Waals surface area contributed by atoms with E-state index in [0.29, 0.717) is 22.0 Å². The third-order valence-corrected chi connectivity index (χ3v) is 6.95. The molecule has 1 atom stereocenters. The minimum absolute atomic E-state index is 0.159. The molecule has 29 heavy (non-hydrogen) atoms. The molecule has 1 aromatic heterocycles. The number of thiophene rings is 1. The van der Waals surface area contributed by atoms with E-state index in [-0.39, 0.29) is 16.4 Å². The number of nitrogens with one attached hydrogen (secondary N) is 2. The summed E-state index contributed by atoms with van der Waals surface area (Å²) in [5.41, 5.74) is 8.85. The van der Waals surface area contributed by atoms with Crippen LogP contribution in [0.4, 0.5) is 5.00 Å². The van der Waals surface area contributed by atoms with Gasteiger partial charge >= 0.3 is 0 Å². The lowest BCUT2D eigenvalue weighted by atomic mass is 9.72. The summed E-state index contributed by atoms with van der Waals surface area (Å²) in [5, 5.41) is 6.52. The molecule has 3 rings (SSSR count). The lowest BCUT2D eigenvalue weighted by Crippen LogP contribution is -2.34. The number of rotatable bonds is 3. The zero-order chi connectivity index (χ0) is 21.3. The highest BCUT2D eigenvalue weighted by atomic mass is 32.1. The van der Waals surface area contributed by atoms with Gasteiger partial charge in [-0.1, -0.05) is 39.0 Å². The lowest BCUT2D eigenvalue weighted by molar-refractivity contribution is 0.0975. The van der Waals surface area contributed by atoms with Gasteiger partial charge in [-0.25, -0.2) is 0 Å². The maximum absolute atomic E-state index is 12.5. The van der Waals surface area contributed by atoms with Gasteiger partial charge in [0.25, 0.3) is 11.8 Å². The van der Waals surface area contributed by atoms with Crippen molar-refractivity contribution in [3.05, 3.63) is 51.4 Å². The van der Waals surface area contributed by atoms with Crippen molar-refractivity contribution in [1.29, 1.82) is 0 Å². The van der Waals surface area contributed by atoms with Crippen LogP contribution < -0.4 is 16.4 Å². The maximum atomic E-state index is 12.5. The van der Waals surface area contributed by atoms with E-state index in [0.717, 1.165) is 30.4 Å². The number of hydrogen-bond acceptors (Lipinski definition) is 4. The van der Waals surface area contributed by atoms with E-state index in [1.165, 1.54) is 16.2 Å². The quantitative estimate of drug-likeness (QED) is 0.630. The number of carbonyl (C=O) groups excluding carboxylic acids is 2.